The summed E-state index contributed by atoms with van der Waals surface area (Å²) in [6, 6.07) is 8.32. The van der Waals surface area contributed by atoms with Crippen molar-refractivity contribution >= 4 is 39.1 Å². The molecule has 1 N–H and O–H groups in total. The number of nitrogens with one attached hydrogen (secondary N) is 1. The van der Waals surface area contributed by atoms with E-state index in [0.29, 0.717) is 17.1 Å². The van der Waals surface area contributed by atoms with Gasteiger partial charge in [0.25, 0.3) is 5.91 Å². The van der Waals surface area contributed by atoms with E-state index >= 15 is 0 Å². The Bertz CT molecular complexity index is 970. The first kappa shape index (κ1) is 17.8. The van der Waals surface area contributed by atoms with Crippen LogP contribution in [0.4, 0.5) is 11.5 Å². The number of fused-ring (bicyclic) bond motifs is 2. The maximum atomic E-state index is 12.5. The minimum absolute atomic E-state index is 0.149. The maximum Gasteiger partial charge on any atom is 0.280 e. The monoisotopic (exact) mass is 382 g/mol. The van der Waals surface area contributed by atoms with Gasteiger partial charge in [-0.05, 0) is 45.1 Å². The zero-order chi connectivity index (χ0) is 18.8. The third kappa shape index (κ3) is 3.63. The number of benzene rings is 1. The predicted molar refractivity (Wildman–Crippen MR) is 108 cm³/mol. The van der Waals surface area contributed by atoms with Crippen molar-refractivity contribution in [3.63, 3.8) is 0 Å². The number of rotatable bonds is 6. The molecule has 0 unspecified atom stereocenters. The highest BCUT2D eigenvalue weighted by Crippen LogP contribution is 2.36. The van der Waals surface area contributed by atoms with E-state index in [9.17, 15) is 4.79 Å². The zero-order valence-corrected chi connectivity index (χ0v) is 16.3. The van der Waals surface area contributed by atoms with Gasteiger partial charge < -0.3 is 15.1 Å². The molecule has 3 aromatic rings. The van der Waals surface area contributed by atoms with Crippen LogP contribution in [0.25, 0.3) is 10.3 Å². The molecule has 2 aromatic heterocycles. The molecule has 4 rings (SSSR count). The standard InChI is InChI=1S/C19H22N6OS/c1-24(2)10-5-9-20-17(26)19-23-15-16(21-12-22-18(15)27-19)25-11-8-13-6-3-4-7-14(13)25/h3-4,6-7,12H,5,8-11H2,1-2H3,(H,20,26). The number of carbonyl (C=O) groups is 1. The van der Waals surface area contributed by atoms with E-state index in [1.807, 2.05) is 20.2 Å². The lowest BCUT2D eigenvalue weighted by atomic mass is 10.2. The second-order valence-corrected chi connectivity index (χ2v) is 7.79. The molecule has 1 aliphatic heterocycles. The van der Waals surface area contributed by atoms with Gasteiger partial charge in [-0.3, -0.25) is 4.79 Å². The minimum atomic E-state index is -0.149. The molecule has 1 aliphatic rings. The van der Waals surface area contributed by atoms with Crippen LogP contribution in [0.3, 0.4) is 0 Å². The summed E-state index contributed by atoms with van der Waals surface area (Å²) in [6.07, 6.45) is 3.43. The smallest absolute Gasteiger partial charge is 0.280 e. The summed E-state index contributed by atoms with van der Waals surface area (Å²) in [5.74, 6) is 0.623. The molecule has 0 fully saturated rings. The predicted octanol–water partition coefficient (Wildman–Crippen LogP) is 2.46. The summed E-state index contributed by atoms with van der Waals surface area (Å²) in [7, 11) is 4.04. The van der Waals surface area contributed by atoms with Crippen LogP contribution >= 0.6 is 11.3 Å². The molecule has 3 heterocycles. The highest BCUT2D eigenvalue weighted by Gasteiger charge is 2.25. The number of para-hydroxylation sites is 1. The van der Waals surface area contributed by atoms with E-state index in [1.165, 1.54) is 16.9 Å². The molecule has 8 heteroatoms. The van der Waals surface area contributed by atoms with E-state index in [0.717, 1.165) is 42.3 Å². The Morgan fingerprint density at radius 3 is 3.00 bits per heavy atom. The van der Waals surface area contributed by atoms with E-state index in [1.54, 1.807) is 6.33 Å². The van der Waals surface area contributed by atoms with Gasteiger partial charge in [-0.25, -0.2) is 15.0 Å². The molecule has 140 valence electrons. The molecular formula is C19H22N6OS. The van der Waals surface area contributed by atoms with Crippen molar-refractivity contribution in [2.24, 2.45) is 0 Å². The molecule has 0 bridgehead atoms. The van der Waals surface area contributed by atoms with Crippen LogP contribution in [0.5, 0.6) is 0 Å². The number of hydrogen-bond acceptors (Lipinski definition) is 7. The third-order valence-electron chi connectivity index (χ3n) is 4.58. The van der Waals surface area contributed by atoms with Gasteiger partial charge in [0.2, 0.25) is 0 Å². The van der Waals surface area contributed by atoms with Crippen LogP contribution in [-0.4, -0.2) is 59.5 Å². The van der Waals surface area contributed by atoms with E-state index in [-0.39, 0.29) is 5.91 Å². The lowest BCUT2D eigenvalue weighted by molar-refractivity contribution is 0.0952. The quantitative estimate of drug-likeness (QED) is 0.660. The summed E-state index contributed by atoms with van der Waals surface area (Å²) in [6.45, 7) is 2.42. The Labute approximate surface area is 162 Å². The number of carbonyl (C=O) groups excluding carboxylic acids is 1. The molecular weight excluding hydrogens is 360 g/mol. The average molecular weight is 382 g/mol. The van der Waals surface area contributed by atoms with Crippen LogP contribution in [0.2, 0.25) is 0 Å². The van der Waals surface area contributed by atoms with Crippen molar-refractivity contribution in [2.75, 3.05) is 38.6 Å². The van der Waals surface area contributed by atoms with Crippen molar-refractivity contribution in [3.8, 4) is 0 Å². The van der Waals surface area contributed by atoms with Crippen molar-refractivity contribution in [1.82, 2.24) is 25.2 Å². The molecule has 0 spiro atoms. The van der Waals surface area contributed by atoms with Gasteiger partial charge in [0.1, 0.15) is 16.7 Å². The average Bonchev–Trinajstić information content (AvgIpc) is 3.29. The molecule has 27 heavy (non-hydrogen) atoms. The lowest BCUT2D eigenvalue weighted by Gasteiger charge is -2.18. The van der Waals surface area contributed by atoms with Gasteiger partial charge in [0, 0.05) is 18.8 Å². The topological polar surface area (TPSA) is 74.2 Å². The first-order valence-corrected chi connectivity index (χ1v) is 9.85. The Morgan fingerprint density at radius 1 is 1.30 bits per heavy atom. The molecule has 0 aliphatic carbocycles. The Balaban J connectivity index is 1.57. The number of nitrogens with zero attached hydrogens (tertiary/aromatic N) is 5. The highest BCUT2D eigenvalue weighted by atomic mass is 32.1. The first-order chi connectivity index (χ1) is 13.1. The van der Waals surface area contributed by atoms with Crippen LogP contribution in [0.15, 0.2) is 30.6 Å². The van der Waals surface area contributed by atoms with E-state index < -0.39 is 0 Å². The van der Waals surface area contributed by atoms with Gasteiger partial charge in [0.05, 0.1) is 0 Å². The minimum Gasteiger partial charge on any atom is -0.350 e. The third-order valence-corrected chi connectivity index (χ3v) is 5.54. The fourth-order valence-electron chi connectivity index (χ4n) is 3.27. The van der Waals surface area contributed by atoms with Crippen molar-refractivity contribution in [3.05, 3.63) is 41.2 Å². The number of anilines is 2. The molecule has 1 aromatic carbocycles. The summed E-state index contributed by atoms with van der Waals surface area (Å²) >= 11 is 1.31. The Hall–Kier alpha value is -2.58. The van der Waals surface area contributed by atoms with Gasteiger partial charge >= 0.3 is 0 Å². The van der Waals surface area contributed by atoms with Gasteiger partial charge in [0.15, 0.2) is 10.8 Å². The summed E-state index contributed by atoms with van der Waals surface area (Å²) in [4.78, 5) is 30.8. The van der Waals surface area contributed by atoms with Gasteiger partial charge in [-0.15, -0.1) is 0 Å². The van der Waals surface area contributed by atoms with Crippen LogP contribution in [0.1, 0.15) is 21.8 Å². The summed E-state index contributed by atoms with van der Waals surface area (Å²) in [5, 5.41) is 3.37. The first-order valence-electron chi connectivity index (χ1n) is 9.03. The van der Waals surface area contributed by atoms with Crippen LogP contribution < -0.4 is 10.2 Å². The Morgan fingerprint density at radius 2 is 2.15 bits per heavy atom. The zero-order valence-electron chi connectivity index (χ0n) is 15.5. The molecule has 7 nitrogen and oxygen atoms in total. The molecule has 0 saturated carbocycles. The summed E-state index contributed by atoms with van der Waals surface area (Å²) in [5.41, 5.74) is 3.15. The fraction of sp³-hybridized carbons (Fsp3) is 0.368. The van der Waals surface area contributed by atoms with Crippen molar-refractivity contribution < 1.29 is 4.79 Å². The van der Waals surface area contributed by atoms with Crippen LogP contribution in [-0.2, 0) is 6.42 Å². The van der Waals surface area contributed by atoms with Crippen molar-refractivity contribution in [1.29, 1.82) is 0 Å². The molecule has 0 saturated heterocycles. The number of amides is 1. The molecule has 0 atom stereocenters. The lowest BCUT2D eigenvalue weighted by Crippen LogP contribution is -2.27. The number of aromatic nitrogens is 3. The maximum absolute atomic E-state index is 12.5. The Kier molecular flexibility index (Phi) is 5.00. The van der Waals surface area contributed by atoms with Gasteiger partial charge in [-0.2, -0.15) is 0 Å². The second-order valence-electron chi connectivity index (χ2n) is 6.81. The molecule has 0 radical (unpaired) electrons. The SMILES string of the molecule is CN(C)CCCNC(=O)c1nc2c(N3CCc4ccccc43)ncnc2s1. The highest BCUT2D eigenvalue weighted by molar-refractivity contribution is 7.19. The van der Waals surface area contributed by atoms with Crippen LogP contribution in [0, 0.1) is 0 Å². The van der Waals surface area contributed by atoms with Crippen molar-refractivity contribution in [2.45, 2.75) is 12.8 Å². The normalized spacial score (nSPS) is 13.4. The fourth-order valence-corrected chi connectivity index (χ4v) is 4.09. The van der Waals surface area contributed by atoms with E-state index in [4.69, 9.17) is 0 Å². The number of hydrogen-bond donors (Lipinski definition) is 1. The second kappa shape index (κ2) is 7.58. The summed E-state index contributed by atoms with van der Waals surface area (Å²) < 4.78 is 0. The van der Waals surface area contributed by atoms with E-state index in [2.05, 4.69) is 48.3 Å². The van der Waals surface area contributed by atoms with Gasteiger partial charge in [-0.1, -0.05) is 29.5 Å². The number of thiazole rings is 1. The molecule has 1 amide bonds. The largest absolute Gasteiger partial charge is 0.350 e.